The Morgan fingerprint density at radius 3 is 2.44 bits per heavy atom. The summed E-state index contributed by atoms with van der Waals surface area (Å²) in [5, 5.41) is 2.98. The highest BCUT2D eigenvalue weighted by Crippen LogP contribution is 2.27. The molecule has 0 spiro atoms. The van der Waals surface area contributed by atoms with Crippen molar-refractivity contribution in [1.29, 1.82) is 0 Å². The second-order valence-electron chi connectivity index (χ2n) is 4.92. The largest absolute Gasteiger partial charge is 0.365 e. The van der Waals surface area contributed by atoms with Gasteiger partial charge in [-0.3, -0.25) is 4.79 Å². The first-order valence-electron chi connectivity index (χ1n) is 6.20. The molecule has 0 aliphatic carbocycles. The van der Waals surface area contributed by atoms with E-state index >= 15 is 0 Å². The number of halogens is 1. The number of hydrogen-bond donors (Lipinski definition) is 1. The van der Waals surface area contributed by atoms with Gasteiger partial charge in [0.2, 0.25) is 0 Å². The fourth-order valence-electron chi connectivity index (χ4n) is 2.31. The van der Waals surface area contributed by atoms with Gasteiger partial charge in [0.15, 0.2) is 0 Å². The van der Waals surface area contributed by atoms with Crippen molar-refractivity contribution < 1.29 is 9.53 Å². The van der Waals surface area contributed by atoms with E-state index < -0.39 is 0 Å². The first kappa shape index (κ1) is 13.6. The highest BCUT2D eigenvalue weighted by molar-refractivity contribution is 9.10. The molecule has 18 heavy (non-hydrogen) atoms. The molecule has 0 saturated carbocycles. The molecule has 1 fully saturated rings. The van der Waals surface area contributed by atoms with E-state index in [1.807, 2.05) is 32.9 Å². The fourth-order valence-corrected chi connectivity index (χ4v) is 2.99. The standard InChI is InChI=1S/C14H18BrNO2/c1-8-6-11(15)7-9(2)13(8)16-14(17)12-5-4-10(3)18-12/h6-7,10,12H,4-5H2,1-3H3,(H,16,17). The van der Waals surface area contributed by atoms with E-state index in [9.17, 15) is 4.79 Å². The molecule has 1 aliphatic heterocycles. The molecule has 1 saturated heterocycles. The molecule has 1 amide bonds. The lowest BCUT2D eigenvalue weighted by atomic mass is 10.1. The van der Waals surface area contributed by atoms with Crippen LogP contribution < -0.4 is 5.32 Å². The van der Waals surface area contributed by atoms with Crippen LogP contribution in [0.2, 0.25) is 0 Å². The average molecular weight is 312 g/mol. The number of carbonyl (C=O) groups is 1. The third-order valence-corrected chi connectivity index (χ3v) is 3.73. The third kappa shape index (κ3) is 2.93. The van der Waals surface area contributed by atoms with Crippen LogP contribution in [-0.4, -0.2) is 18.1 Å². The number of ether oxygens (including phenoxy) is 1. The first-order valence-corrected chi connectivity index (χ1v) is 6.99. The molecule has 1 aromatic carbocycles. The summed E-state index contributed by atoms with van der Waals surface area (Å²) in [5.41, 5.74) is 3.01. The molecule has 2 unspecified atom stereocenters. The second-order valence-corrected chi connectivity index (χ2v) is 5.83. The van der Waals surface area contributed by atoms with Gasteiger partial charge in [-0.1, -0.05) is 15.9 Å². The Balaban J connectivity index is 2.12. The molecule has 2 rings (SSSR count). The quantitative estimate of drug-likeness (QED) is 0.906. The summed E-state index contributed by atoms with van der Waals surface area (Å²) < 4.78 is 6.61. The van der Waals surface area contributed by atoms with Crippen LogP contribution in [0, 0.1) is 13.8 Å². The summed E-state index contributed by atoms with van der Waals surface area (Å²) in [4.78, 5) is 12.1. The molecule has 1 heterocycles. The third-order valence-electron chi connectivity index (χ3n) is 3.27. The number of aryl methyl sites for hydroxylation is 2. The van der Waals surface area contributed by atoms with E-state index in [4.69, 9.17) is 4.74 Å². The number of amides is 1. The molecule has 1 aliphatic rings. The maximum absolute atomic E-state index is 12.1. The SMILES string of the molecule is Cc1cc(Br)cc(C)c1NC(=O)C1CCC(C)O1. The average Bonchev–Trinajstić information content (AvgIpc) is 2.70. The van der Waals surface area contributed by atoms with Gasteiger partial charge in [0.25, 0.3) is 5.91 Å². The van der Waals surface area contributed by atoms with E-state index in [1.54, 1.807) is 0 Å². The van der Waals surface area contributed by atoms with E-state index in [0.29, 0.717) is 0 Å². The van der Waals surface area contributed by atoms with Gasteiger partial charge in [0, 0.05) is 10.2 Å². The molecule has 0 aromatic heterocycles. The van der Waals surface area contributed by atoms with Crippen molar-refractivity contribution in [2.45, 2.75) is 45.8 Å². The summed E-state index contributed by atoms with van der Waals surface area (Å²) in [6.45, 7) is 5.99. The van der Waals surface area contributed by atoms with Gasteiger partial charge < -0.3 is 10.1 Å². The molecular weight excluding hydrogens is 294 g/mol. The maximum Gasteiger partial charge on any atom is 0.253 e. The first-order chi connectivity index (χ1) is 8.47. The summed E-state index contributed by atoms with van der Waals surface area (Å²) >= 11 is 3.45. The number of nitrogens with one attached hydrogen (secondary N) is 1. The van der Waals surface area contributed by atoms with Gasteiger partial charge in [-0.05, 0) is 56.9 Å². The molecule has 4 heteroatoms. The van der Waals surface area contributed by atoms with Crippen LogP contribution in [0.3, 0.4) is 0 Å². The van der Waals surface area contributed by atoms with Crippen molar-refractivity contribution in [3.63, 3.8) is 0 Å². The molecule has 3 nitrogen and oxygen atoms in total. The Bertz CT molecular complexity index is 450. The summed E-state index contributed by atoms with van der Waals surface area (Å²) in [5.74, 6) is -0.0344. The van der Waals surface area contributed by atoms with Gasteiger partial charge in [0.05, 0.1) is 6.10 Å². The zero-order chi connectivity index (χ0) is 13.3. The number of benzene rings is 1. The van der Waals surface area contributed by atoms with Crippen molar-refractivity contribution in [1.82, 2.24) is 0 Å². The van der Waals surface area contributed by atoms with Crippen LogP contribution >= 0.6 is 15.9 Å². The number of hydrogen-bond acceptors (Lipinski definition) is 2. The molecular formula is C14H18BrNO2. The summed E-state index contributed by atoms with van der Waals surface area (Å²) in [6.07, 6.45) is 1.65. The van der Waals surface area contributed by atoms with E-state index in [2.05, 4.69) is 21.2 Å². The van der Waals surface area contributed by atoms with E-state index in [0.717, 1.165) is 34.1 Å². The predicted molar refractivity (Wildman–Crippen MR) is 75.8 cm³/mol. The Labute approximate surface area is 116 Å². The highest BCUT2D eigenvalue weighted by atomic mass is 79.9. The Morgan fingerprint density at radius 1 is 1.33 bits per heavy atom. The van der Waals surface area contributed by atoms with Crippen LogP contribution in [0.15, 0.2) is 16.6 Å². The van der Waals surface area contributed by atoms with Crippen LogP contribution in [0.25, 0.3) is 0 Å². The van der Waals surface area contributed by atoms with Gasteiger partial charge in [-0.15, -0.1) is 0 Å². The summed E-state index contributed by atoms with van der Waals surface area (Å²) in [6, 6.07) is 4.00. The van der Waals surface area contributed by atoms with Crippen LogP contribution in [-0.2, 0) is 9.53 Å². The number of carbonyl (C=O) groups excluding carboxylic acids is 1. The van der Waals surface area contributed by atoms with Crippen molar-refractivity contribution in [2.75, 3.05) is 5.32 Å². The number of anilines is 1. The van der Waals surface area contributed by atoms with Crippen LogP contribution in [0.1, 0.15) is 30.9 Å². The fraction of sp³-hybridized carbons (Fsp3) is 0.500. The van der Waals surface area contributed by atoms with E-state index in [-0.39, 0.29) is 18.1 Å². The van der Waals surface area contributed by atoms with Gasteiger partial charge in [-0.2, -0.15) is 0 Å². The molecule has 0 bridgehead atoms. The smallest absolute Gasteiger partial charge is 0.253 e. The van der Waals surface area contributed by atoms with Gasteiger partial charge in [-0.25, -0.2) is 0 Å². The molecule has 2 atom stereocenters. The lowest BCUT2D eigenvalue weighted by Gasteiger charge is -2.15. The maximum atomic E-state index is 12.1. The normalized spacial score (nSPS) is 23.1. The summed E-state index contributed by atoms with van der Waals surface area (Å²) in [7, 11) is 0. The zero-order valence-electron chi connectivity index (χ0n) is 10.9. The molecule has 1 aromatic rings. The second kappa shape index (κ2) is 5.41. The Hall–Kier alpha value is -0.870. The van der Waals surface area contributed by atoms with Crippen LogP contribution in [0.4, 0.5) is 5.69 Å². The molecule has 0 radical (unpaired) electrons. The molecule has 98 valence electrons. The van der Waals surface area contributed by atoms with Gasteiger partial charge in [0.1, 0.15) is 6.10 Å². The molecule has 1 N–H and O–H groups in total. The topological polar surface area (TPSA) is 38.3 Å². The Morgan fingerprint density at radius 2 is 1.94 bits per heavy atom. The Kier molecular flexibility index (Phi) is 4.07. The lowest BCUT2D eigenvalue weighted by molar-refractivity contribution is -0.126. The number of rotatable bonds is 2. The highest BCUT2D eigenvalue weighted by Gasteiger charge is 2.28. The van der Waals surface area contributed by atoms with Gasteiger partial charge >= 0.3 is 0 Å². The minimum Gasteiger partial charge on any atom is -0.365 e. The van der Waals surface area contributed by atoms with Crippen molar-refractivity contribution >= 4 is 27.5 Å². The minimum absolute atomic E-state index is 0.0344. The van der Waals surface area contributed by atoms with Crippen molar-refractivity contribution in [2.24, 2.45) is 0 Å². The van der Waals surface area contributed by atoms with Crippen LogP contribution in [0.5, 0.6) is 0 Å². The monoisotopic (exact) mass is 311 g/mol. The predicted octanol–water partition coefficient (Wildman–Crippen LogP) is 3.57. The van der Waals surface area contributed by atoms with Crippen molar-refractivity contribution in [3.8, 4) is 0 Å². The zero-order valence-corrected chi connectivity index (χ0v) is 12.5. The van der Waals surface area contributed by atoms with Crippen molar-refractivity contribution in [3.05, 3.63) is 27.7 Å². The minimum atomic E-state index is -0.303. The lowest BCUT2D eigenvalue weighted by Crippen LogP contribution is -2.28. The van der Waals surface area contributed by atoms with E-state index in [1.165, 1.54) is 0 Å².